The largest absolute Gasteiger partial charge is 0.493 e. The predicted octanol–water partition coefficient (Wildman–Crippen LogP) is 4.69. The van der Waals surface area contributed by atoms with Crippen molar-refractivity contribution in [3.05, 3.63) is 29.8 Å². The van der Waals surface area contributed by atoms with Gasteiger partial charge in [0.1, 0.15) is 0 Å². The highest BCUT2D eigenvalue weighted by Crippen LogP contribution is 2.31. The molecule has 0 aliphatic heterocycles. The van der Waals surface area contributed by atoms with E-state index in [1.807, 2.05) is 6.07 Å². The van der Waals surface area contributed by atoms with Gasteiger partial charge in [-0.2, -0.15) is 0 Å². The summed E-state index contributed by atoms with van der Waals surface area (Å²) in [6.45, 7) is 7.13. The Hall–Kier alpha value is -1.44. The van der Waals surface area contributed by atoms with Gasteiger partial charge in [0.2, 0.25) is 0 Å². The molecular formula is C16H24O2. The molecule has 0 heterocycles. The predicted molar refractivity (Wildman–Crippen MR) is 77.3 cm³/mol. The fourth-order valence-corrected chi connectivity index (χ4v) is 1.89. The van der Waals surface area contributed by atoms with Crippen LogP contribution in [0.5, 0.6) is 11.5 Å². The Morgan fingerprint density at radius 2 is 2.00 bits per heavy atom. The van der Waals surface area contributed by atoms with Crippen molar-refractivity contribution in [3.8, 4) is 11.5 Å². The summed E-state index contributed by atoms with van der Waals surface area (Å²) >= 11 is 0. The van der Waals surface area contributed by atoms with Crippen molar-refractivity contribution < 1.29 is 9.47 Å². The number of hydrogen-bond acceptors (Lipinski definition) is 2. The average Bonchev–Trinajstić information content (AvgIpc) is 2.41. The third-order valence-electron chi connectivity index (χ3n) is 3.02. The SMILES string of the molecule is C/C=C(/CC)c1ccc(OCCCC)c(OC)c1. The van der Waals surface area contributed by atoms with Crippen molar-refractivity contribution in [1.82, 2.24) is 0 Å². The monoisotopic (exact) mass is 248 g/mol. The lowest BCUT2D eigenvalue weighted by atomic mass is 10.0. The fraction of sp³-hybridized carbons (Fsp3) is 0.500. The van der Waals surface area contributed by atoms with Gasteiger partial charge in [0, 0.05) is 0 Å². The highest BCUT2D eigenvalue weighted by atomic mass is 16.5. The number of rotatable bonds is 7. The Kier molecular flexibility index (Phi) is 6.34. The molecule has 18 heavy (non-hydrogen) atoms. The van der Waals surface area contributed by atoms with E-state index in [4.69, 9.17) is 9.47 Å². The van der Waals surface area contributed by atoms with Gasteiger partial charge in [-0.15, -0.1) is 0 Å². The molecule has 0 atom stereocenters. The number of unbranched alkanes of at least 4 members (excludes halogenated alkanes) is 1. The molecule has 1 rings (SSSR count). The summed E-state index contributed by atoms with van der Waals surface area (Å²) in [5, 5.41) is 0. The smallest absolute Gasteiger partial charge is 0.161 e. The van der Waals surface area contributed by atoms with Crippen molar-refractivity contribution in [2.45, 2.75) is 40.0 Å². The molecule has 0 spiro atoms. The van der Waals surface area contributed by atoms with Crippen LogP contribution in [0.25, 0.3) is 5.57 Å². The second kappa shape index (κ2) is 7.80. The number of allylic oxidation sites excluding steroid dienone is 2. The summed E-state index contributed by atoms with van der Waals surface area (Å²) < 4.78 is 11.1. The van der Waals surface area contributed by atoms with Crippen LogP contribution < -0.4 is 9.47 Å². The summed E-state index contributed by atoms with van der Waals surface area (Å²) in [5.41, 5.74) is 2.54. The standard InChI is InChI=1S/C16H24O2/c1-5-8-11-18-15-10-9-14(12-16(15)17-4)13(6-2)7-3/h6,9-10,12H,5,7-8,11H2,1-4H3/b13-6-. The van der Waals surface area contributed by atoms with Gasteiger partial charge < -0.3 is 9.47 Å². The van der Waals surface area contributed by atoms with Crippen LogP contribution in [-0.4, -0.2) is 13.7 Å². The Morgan fingerprint density at radius 1 is 1.22 bits per heavy atom. The van der Waals surface area contributed by atoms with Gasteiger partial charge in [0.15, 0.2) is 11.5 Å². The minimum absolute atomic E-state index is 0.746. The molecule has 0 bridgehead atoms. The average molecular weight is 248 g/mol. The number of methoxy groups -OCH3 is 1. The number of ether oxygens (including phenoxy) is 2. The molecule has 0 saturated heterocycles. The molecule has 0 unspecified atom stereocenters. The maximum Gasteiger partial charge on any atom is 0.161 e. The van der Waals surface area contributed by atoms with Crippen LogP contribution in [0, 0.1) is 0 Å². The molecule has 2 heteroatoms. The zero-order chi connectivity index (χ0) is 13.4. The quantitative estimate of drug-likeness (QED) is 0.652. The van der Waals surface area contributed by atoms with Crippen LogP contribution in [0.4, 0.5) is 0 Å². The van der Waals surface area contributed by atoms with Crippen LogP contribution in [0.2, 0.25) is 0 Å². The van der Waals surface area contributed by atoms with Gasteiger partial charge in [0.05, 0.1) is 13.7 Å². The summed E-state index contributed by atoms with van der Waals surface area (Å²) in [5.74, 6) is 1.65. The molecule has 0 aliphatic carbocycles. The van der Waals surface area contributed by atoms with Crippen LogP contribution in [0.3, 0.4) is 0 Å². The first kappa shape index (κ1) is 14.6. The molecule has 1 aromatic rings. The Morgan fingerprint density at radius 3 is 2.56 bits per heavy atom. The van der Waals surface area contributed by atoms with Crippen molar-refractivity contribution in [1.29, 1.82) is 0 Å². The van der Waals surface area contributed by atoms with E-state index >= 15 is 0 Å². The van der Waals surface area contributed by atoms with Crippen LogP contribution >= 0.6 is 0 Å². The third kappa shape index (κ3) is 3.80. The van der Waals surface area contributed by atoms with Crippen molar-refractivity contribution in [2.24, 2.45) is 0 Å². The Labute approximate surface area is 111 Å². The van der Waals surface area contributed by atoms with E-state index in [1.54, 1.807) is 7.11 Å². The molecule has 0 radical (unpaired) electrons. The van der Waals surface area contributed by atoms with E-state index in [1.165, 1.54) is 11.1 Å². The molecule has 0 fully saturated rings. The van der Waals surface area contributed by atoms with Gasteiger partial charge in [-0.25, -0.2) is 0 Å². The number of hydrogen-bond donors (Lipinski definition) is 0. The van der Waals surface area contributed by atoms with Gasteiger partial charge in [-0.05, 0) is 43.0 Å². The molecule has 0 saturated carbocycles. The molecule has 0 aromatic heterocycles. The van der Waals surface area contributed by atoms with E-state index in [-0.39, 0.29) is 0 Å². The van der Waals surface area contributed by atoms with Crippen LogP contribution in [-0.2, 0) is 0 Å². The topological polar surface area (TPSA) is 18.5 Å². The van der Waals surface area contributed by atoms with E-state index in [0.717, 1.165) is 37.4 Å². The lowest BCUT2D eigenvalue weighted by molar-refractivity contribution is 0.288. The summed E-state index contributed by atoms with van der Waals surface area (Å²) in [6.07, 6.45) is 5.38. The summed E-state index contributed by atoms with van der Waals surface area (Å²) in [6, 6.07) is 6.16. The first-order chi connectivity index (χ1) is 8.76. The van der Waals surface area contributed by atoms with Crippen molar-refractivity contribution in [3.63, 3.8) is 0 Å². The maximum absolute atomic E-state index is 5.73. The maximum atomic E-state index is 5.73. The lowest BCUT2D eigenvalue weighted by Gasteiger charge is -2.13. The van der Waals surface area contributed by atoms with E-state index in [0.29, 0.717) is 0 Å². The lowest BCUT2D eigenvalue weighted by Crippen LogP contribution is -1.99. The minimum Gasteiger partial charge on any atom is -0.493 e. The molecule has 0 amide bonds. The Balaban J connectivity index is 2.89. The van der Waals surface area contributed by atoms with Gasteiger partial charge in [-0.3, -0.25) is 0 Å². The van der Waals surface area contributed by atoms with E-state index < -0.39 is 0 Å². The molecular weight excluding hydrogens is 224 g/mol. The van der Waals surface area contributed by atoms with E-state index in [9.17, 15) is 0 Å². The first-order valence-corrected chi connectivity index (χ1v) is 6.73. The fourth-order valence-electron chi connectivity index (χ4n) is 1.89. The molecule has 0 aliphatic rings. The molecule has 100 valence electrons. The number of benzene rings is 1. The zero-order valence-electron chi connectivity index (χ0n) is 12.0. The molecule has 1 aromatic carbocycles. The third-order valence-corrected chi connectivity index (χ3v) is 3.02. The van der Waals surface area contributed by atoms with Crippen molar-refractivity contribution in [2.75, 3.05) is 13.7 Å². The molecule has 0 N–H and O–H groups in total. The minimum atomic E-state index is 0.746. The molecule has 2 nitrogen and oxygen atoms in total. The summed E-state index contributed by atoms with van der Waals surface area (Å²) in [4.78, 5) is 0. The highest BCUT2D eigenvalue weighted by Gasteiger charge is 2.07. The normalized spacial score (nSPS) is 11.4. The van der Waals surface area contributed by atoms with Crippen LogP contribution in [0.15, 0.2) is 24.3 Å². The Bertz CT molecular complexity index is 394. The summed E-state index contributed by atoms with van der Waals surface area (Å²) in [7, 11) is 1.69. The first-order valence-electron chi connectivity index (χ1n) is 6.73. The second-order valence-electron chi connectivity index (χ2n) is 4.24. The van der Waals surface area contributed by atoms with Crippen LogP contribution in [0.1, 0.15) is 45.6 Å². The van der Waals surface area contributed by atoms with Gasteiger partial charge in [-0.1, -0.05) is 32.4 Å². The van der Waals surface area contributed by atoms with Crippen molar-refractivity contribution >= 4 is 5.57 Å². The van der Waals surface area contributed by atoms with E-state index in [2.05, 4.69) is 39.0 Å². The van der Waals surface area contributed by atoms with Gasteiger partial charge >= 0.3 is 0 Å². The highest BCUT2D eigenvalue weighted by molar-refractivity contribution is 5.67. The second-order valence-corrected chi connectivity index (χ2v) is 4.24. The zero-order valence-corrected chi connectivity index (χ0v) is 12.0. The van der Waals surface area contributed by atoms with Gasteiger partial charge in [0.25, 0.3) is 0 Å².